The quantitative estimate of drug-likeness (QED) is 0.0169. The van der Waals surface area contributed by atoms with Gasteiger partial charge < -0.3 is 78.9 Å². The average Bonchev–Trinajstić information content (AvgIpc) is 1.62. The van der Waals surface area contributed by atoms with Gasteiger partial charge in [0.2, 0.25) is 29.6 Å². The van der Waals surface area contributed by atoms with E-state index < -0.39 is 90.6 Å². The van der Waals surface area contributed by atoms with Crippen molar-refractivity contribution >= 4 is 159 Å². The lowest BCUT2D eigenvalue weighted by molar-refractivity contribution is -0.141. The first-order valence-electron chi connectivity index (χ1n) is 29.5. The number of rotatable bonds is 28. The minimum absolute atomic E-state index is 0.00340. The highest BCUT2D eigenvalue weighted by atomic mass is 35.5. The molecule has 4 aromatic heterocycles. The van der Waals surface area contributed by atoms with Gasteiger partial charge in [0, 0.05) is 111 Å². The molecule has 1 aliphatic heterocycles. The number of fused-ring (bicyclic) bond motifs is 6. The second kappa shape index (κ2) is 29.9. The van der Waals surface area contributed by atoms with Crippen molar-refractivity contribution in [2.75, 3.05) is 57.1 Å². The summed E-state index contributed by atoms with van der Waals surface area (Å²) in [5.41, 5.74) is 16.6. The fourth-order valence-electron chi connectivity index (χ4n) is 10.5. The molecule has 29 nitrogen and oxygen atoms in total. The summed E-state index contributed by atoms with van der Waals surface area (Å²) in [6.07, 6.45) is 0.00202. The van der Waals surface area contributed by atoms with Gasteiger partial charge in [-0.05, 0) is 97.1 Å². The van der Waals surface area contributed by atoms with Gasteiger partial charge in [-0.2, -0.15) is 4.98 Å². The number of aromatic hydroxyl groups is 1. The van der Waals surface area contributed by atoms with Crippen LogP contribution < -0.4 is 59.1 Å². The molecule has 7 amide bonds. The number of H-pyrrole nitrogens is 3. The number of alkyl halides is 1. The zero-order valence-electron chi connectivity index (χ0n) is 50.4. The molecule has 32 heteroatoms. The number of nitrogen functional groups attached to an aromatic ring is 1. The van der Waals surface area contributed by atoms with Crippen molar-refractivity contribution in [3.05, 3.63) is 148 Å². The van der Waals surface area contributed by atoms with Crippen LogP contribution in [0.15, 0.2) is 114 Å². The third-order valence-corrected chi connectivity index (χ3v) is 18.2. The van der Waals surface area contributed by atoms with Crippen molar-refractivity contribution in [2.24, 2.45) is 5.73 Å². The van der Waals surface area contributed by atoms with Crippen molar-refractivity contribution in [3.63, 3.8) is 0 Å². The average molecular weight is 1350 g/mol. The molecular weight excluding hydrogens is 1290 g/mol. The predicted molar refractivity (Wildman–Crippen MR) is 360 cm³/mol. The third-order valence-electron chi connectivity index (χ3n) is 15.3. The topological polar surface area (TPSA) is 457 Å². The first-order chi connectivity index (χ1) is 45.6. The van der Waals surface area contributed by atoms with Gasteiger partial charge in [-0.1, -0.05) is 45.9 Å². The SMILES string of the molecule is C[C@H](CSSCCC(=O)Nc1ccc2[nH]c(C(=O)Nc3ccc4[nH]c(C(=O)N5CC(CCl)c6c5cc(O)c5ccccc65)cc4c3)cc2c1)NC(=O)[C@H](CC(=O)O)NC(=O)[C@@H](N)CNC(=O)CC[C@@H](NC(=O)c1ccc(NCc2cnc3nc(N)[nH]c(=O)c3n2)cc1)C(=O)O. The number of aliphatic carboxylic acids is 2. The van der Waals surface area contributed by atoms with Crippen LogP contribution in [0, 0.1) is 0 Å². The number of aromatic amines is 3. The Morgan fingerprint density at radius 3 is 2.14 bits per heavy atom. The number of nitrogens with two attached hydrogens (primary N) is 2. The largest absolute Gasteiger partial charge is 0.507 e. The molecule has 9 aromatic rings. The normalized spacial score (nSPS) is 13.9. The predicted octanol–water partition coefficient (Wildman–Crippen LogP) is 5.25. The highest BCUT2D eigenvalue weighted by Crippen LogP contribution is 2.46. The van der Waals surface area contributed by atoms with Crippen molar-refractivity contribution in [3.8, 4) is 5.75 Å². The van der Waals surface area contributed by atoms with Crippen LogP contribution in [0.1, 0.15) is 81.1 Å². The van der Waals surface area contributed by atoms with Crippen LogP contribution in [-0.2, 0) is 35.3 Å². The molecule has 5 atom stereocenters. The van der Waals surface area contributed by atoms with Gasteiger partial charge in [-0.15, -0.1) is 11.6 Å². The number of nitrogens with zero attached hydrogens (tertiary/aromatic N) is 4. The highest BCUT2D eigenvalue weighted by Gasteiger charge is 2.36. The molecule has 1 aliphatic rings. The molecule has 5 heterocycles. The molecule has 0 bridgehead atoms. The van der Waals surface area contributed by atoms with Gasteiger partial charge in [0.05, 0.1) is 30.5 Å². The number of phenolic OH excluding ortho intramolecular Hbond substituents is 1. The van der Waals surface area contributed by atoms with Crippen molar-refractivity contribution in [1.29, 1.82) is 0 Å². The van der Waals surface area contributed by atoms with Crippen LogP contribution in [0.5, 0.6) is 5.75 Å². The summed E-state index contributed by atoms with van der Waals surface area (Å²) in [5, 5.41) is 51.7. The summed E-state index contributed by atoms with van der Waals surface area (Å²) < 4.78 is 0. The molecule has 0 aliphatic carbocycles. The lowest BCUT2D eigenvalue weighted by atomic mass is 9.95. The van der Waals surface area contributed by atoms with Gasteiger partial charge in [-0.25, -0.2) is 14.8 Å². The maximum Gasteiger partial charge on any atom is 0.326 e. The Balaban J connectivity index is 0.612. The van der Waals surface area contributed by atoms with Gasteiger partial charge in [-0.3, -0.25) is 48.1 Å². The first kappa shape index (κ1) is 67.1. The molecule has 0 saturated heterocycles. The Labute approximate surface area is 551 Å². The molecule has 0 fully saturated rings. The van der Waals surface area contributed by atoms with Crippen LogP contribution in [0.25, 0.3) is 43.7 Å². The second-order valence-corrected chi connectivity index (χ2v) is 25.2. The minimum Gasteiger partial charge on any atom is -0.507 e. The molecule has 0 spiro atoms. The molecule has 10 rings (SSSR count). The molecule has 0 saturated carbocycles. The monoisotopic (exact) mass is 1350 g/mol. The molecule has 492 valence electrons. The molecular formula is C63H63ClN16O13S2. The number of aromatic nitrogens is 6. The van der Waals surface area contributed by atoms with E-state index in [4.69, 9.17) is 23.1 Å². The van der Waals surface area contributed by atoms with Crippen molar-refractivity contribution < 1.29 is 58.5 Å². The number of carboxylic acids is 2. The fraction of sp³-hybridized carbons (Fsp3) is 0.254. The summed E-state index contributed by atoms with van der Waals surface area (Å²) in [6, 6.07) is 23.9. The van der Waals surface area contributed by atoms with Crippen molar-refractivity contribution in [1.82, 2.24) is 51.2 Å². The van der Waals surface area contributed by atoms with Gasteiger partial charge in [0.1, 0.15) is 35.3 Å². The maximum absolute atomic E-state index is 14.0. The minimum atomic E-state index is -1.54. The number of carboxylic acid groups (broad SMARTS) is 2. The van der Waals surface area contributed by atoms with E-state index in [0.29, 0.717) is 79.4 Å². The number of benzene rings is 5. The van der Waals surface area contributed by atoms with Crippen LogP contribution in [0.3, 0.4) is 0 Å². The van der Waals surface area contributed by atoms with E-state index in [2.05, 4.69) is 67.1 Å². The molecule has 5 aromatic carbocycles. The lowest BCUT2D eigenvalue weighted by Crippen LogP contribution is -2.56. The van der Waals surface area contributed by atoms with Gasteiger partial charge in [0.15, 0.2) is 11.2 Å². The number of phenols is 1. The number of hydrogen-bond acceptors (Lipinski definition) is 19. The van der Waals surface area contributed by atoms with Gasteiger partial charge >= 0.3 is 11.9 Å². The number of amides is 7. The Kier molecular flexibility index (Phi) is 21.1. The third kappa shape index (κ3) is 16.5. The van der Waals surface area contributed by atoms with E-state index in [1.165, 1.54) is 39.9 Å². The smallest absolute Gasteiger partial charge is 0.326 e. The Hall–Kier alpha value is -10.8. The zero-order chi connectivity index (χ0) is 67.6. The van der Waals surface area contributed by atoms with E-state index in [-0.39, 0.29) is 77.1 Å². The molecule has 17 N–H and O–H groups in total. The Morgan fingerprint density at radius 1 is 0.747 bits per heavy atom. The standard InChI is InChI=1S/C63H63ClN16O13S2/c1-30(70-58(88)46(22-52(84)85)77-57(87)41(65)27-68-50(82)15-14-44(62(92)93)76-56(86)31-6-8-35(9-7-31)67-25-38-26-69-55-54(72-38)60(90)79-63(66)78-55)29-95-94-17-16-51(83)71-36-10-12-42-32(18-36)20-45(74-42)59(89)73-37-11-13-43-33(19-37)21-47(75-43)61(91)80-28-34(24-64)53-40-5-3-2-4-39(40)49(81)23-48(53)80/h2-13,18-21,23,26,30,34,41,44,46,67,74-75,81H,14-17,22,24-25,27-29,65H2,1H3,(H,68,82)(H,70,88)(H,71,83)(H,73,89)(H,76,86)(H,77,87)(H,84,85)(H,92,93)(H3,66,69,78,79,90)/t30-,34?,41+,44-,46+/m1/s1. The summed E-state index contributed by atoms with van der Waals surface area (Å²) in [6.45, 7) is 1.69. The van der Waals surface area contributed by atoms with Gasteiger partial charge in [0.25, 0.3) is 23.3 Å². The highest BCUT2D eigenvalue weighted by molar-refractivity contribution is 8.76. The molecule has 95 heavy (non-hydrogen) atoms. The van der Waals surface area contributed by atoms with E-state index in [1.54, 1.807) is 78.6 Å². The number of halogens is 1. The van der Waals surface area contributed by atoms with Crippen LogP contribution in [0.4, 0.5) is 28.7 Å². The van der Waals surface area contributed by atoms with Crippen LogP contribution >= 0.6 is 33.2 Å². The summed E-state index contributed by atoms with van der Waals surface area (Å²) in [7, 11) is 2.71. The summed E-state index contributed by atoms with van der Waals surface area (Å²) in [5.74, 6) is -6.18. The van der Waals surface area contributed by atoms with E-state index in [1.807, 2.05) is 24.3 Å². The van der Waals surface area contributed by atoms with E-state index in [0.717, 1.165) is 10.9 Å². The Morgan fingerprint density at radius 2 is 1.43 bits per heavy atom. The fourth-order valence-corrected chi connectivity index (χ4v) is 13.1. The second-order valence-electron chi connectivity index (χ2n) is 22.3. The van der Waals surface area contributed by atoms with Crippen molar-refractivity contribution in [2.45, 2.75) is 69.2 Å². The Bertz CT molecular complexity index is 4550. The summed E-state index contributed by atoms with van der Waals surface area (Å²) >= 11 is 6.41. The lowest BCUT2D eigenvalue weighted by Gasteiger charge is -2.22. The maximum atomic E-state index is 14.0. The number of anilines is 5. The van der Waals surface area contributed by atoms with E-state index in [9.17, 15) is 63.3 Å². The van der Waals surface area contributed by atoms with Crippen LogP contribution in [0.2, 0.25) is 0 Å². The zero-order valence-corrected chi connectivity index (χ0v) is 52.8. The first-order valence-corrected chi connectivity index (χ1v) is 32.6. The number of carbonyl (C=O) groups is 9. The molecule has 0 radical (unpaired) electrons. The summed E-state index contributed by atoms with van der Waals surface area (Å²) in [4.78, 5) is 151. The number of carbonyl (C=O) groups excluding carboxylic acids is 7. The molecule has 1 unspecified atom stereocenters. The number of nitrogens with one attached hydrogen (secondary N) is 10. The number of hydrogen-bond donors (Lipinski definition) is 15. The van der Waals surface area contributed by atoms with E-state index >= 15 is 0 Å². The van der Waals surface area contributed by atoms with Crippen LogP contribution in [-0.4, -0.2) is 153 Å².